The number of nitrogens with zero attached hydrogens (tertiary/aromatic N) is 1. The number of carboxylic acid groups (broad SMARTS) is 1. The van der Waals surface area contributed by atoms with Crippen LogP contribution in [0.25, 0.3) is 10.9 Å². The molecule has 1 aromatic heterocycles. The van der Waals surface area contributed by atoms with Crippen molar-refractivity contribution in [2.24, 2.45) is 0 Å². The number of H-pyrrole nitrogens is 1. The summed E-state index contributed by atoms with van der Waals surface area (Å²) in [6.45, 7) is 0.965. The lowest BCUT2D eigenvalue weighted by Crippen LogP contribution is -2.32. The Hall–Kier alpha value is -3.08. The summed E-state index contributed by atoms with van der Waals surface area (Å²) in [4.78, 5) is 28.5. The molecule has 2 N–H and O–H groups in total. The van der Waals surface area contributed by atoms with E-state index in [0.29, 0.717) is 32.4 Å². The Balaban J connectivity index is 1.62. The van der Waals surface area contributed by atoms with E-state index in [0.717, 1.165) is 22.0 Å². The Kier molecular flexibility index (Phi) is 6.26. The highest BCUT2D eigenvalue weighted by atomic mass is 16.4. The lowest BCUT2D eigenvalue weighted by Gasteiger charge is -2.23. The van der Waals surface area contributed by atoms with Crippen molar-refractivity contribution in [1.82, 2.24) is 9.88 Å². The number of aromatic amines is 1. The Bertz CT molecular complexity index is 902. The number of hydrogen-bond acceptors (Lipinski definition) is 2. The average molecular weight is 364 g/mol. The quantitative estimate of drug-likeness (QED) is 0.603. The monoisotopic (exact) mass is 364 g/mol. The average Bonchev–Trinajstić information content (AvgIpc) is 3.13. The van der Waals surface area contributed by atoms with Gasteiger partial charge in [0.05, 0.1) is 0 Å². The van der Waals surface area contributed by atoms with Gasteiger partial charge in [0.2, 0.25) is 5.91 Å². The molecule has 0 radical (unpaired) electrons. The zero-order chi connectivity index (χ0) is 19.1. The fourth-order valence-electron chi connectivity index (χ4n) is 3.18. The van der Waals surface area contributed by atoms with Crippen molar-refractivity contribution in [1.29, 1.82) is 0 Å². The lowest BCUT2D eigenvalue weighted by atomic mass is 10.1. The summed E-state index contributed by atoms with van der Waals surface area (Å²) in [7, 11) is 0. The maximum Gasteiger partial charge on any atom is 0.303 e. The van der Waals surface area contributed by atoms with E-state index in [1.807, 2.05) is 54.7 Å². The summed E-state index contributed by atoms with van der Waals surface area (Å²) in [5.41, 5.74) is 3.26. The molecule has 1 heterocycles. The second-order valence-electron chi connectivity index (χ2n) is 6.70. The van der Waals surface area contributed by atoms with Crippen LogP contribution in [-0.4, -0.2) is 33.4 Å². The van der Waals surface area contributed by atoms with Crippen LogP contribution in [0.1, 0.15) is 30.4 Å². The highest BCUT2D eigenvalue weighted by Gasteiger charge is 2.14. The number of rotatable bonds is 9. The molecule has 27 heavy (non-hydrogen) atoms. The summed E-state index contributed by atoms with van der Waals surface area (Å²) in [6.07, 6.45) is 3.52. The van der Waals surface area contributed by atoms with E-state index < -0.39 is 5.97 Å². The number of aromatic nitrogens is 1. The fourth-order valence-corrected chi connectivity index (χ4v) is 3.18. The second-order valence-corrected chi connectivity index (χ2v) is 6.70. The Morgan fingerprint density at radius 3 is 2.56 bits per heavy atom. The van der Waals surface area contributed by atoms with Gasteiger partial charge < -0.3 is 15.0 Å². The van der Waals surface area contributed by atoms with Crippen molar-refractivity contribution < 1.29 is 14.7 Å². The van der Waals surface area contributed by atoms with Crippen LogP contribution >= 0.6 is 0 Å². The molecule has 2 aromatic carbocycles. The van der Waals surface area contributed by atoms with Gasteiger partial charge in [-0.3, -0.25) is 9.59 Å². The molecule has 0 saturated heterocycles. The molecule has 0 spiro atoms. The van der Waals surface area contributed by atoms with Gasteiger partial charge >= 0.3 is 5.97 Å². The van der Waals surface area contributed by atoms with E-state index in [9.17, 15) is 9.59 Å². The SMILES string of the molecule is O=C(O)CCCN(Cc1ccccc1)C(=O)CCc1ccc2[nH]ccc2c1. The molecule has 5 heteroatoms. The first-order chi connectivity index (χ1) is 13.1. The molecule has 0 fully saturated rings. The minimum absolute atomic E-state index is 0.0541. The van der Waals surface area contributed by atoms with Crippen LogP contribution in [0.3, 0.4) is 0 Å². The summed E-state index contributed by atoms with van der Waals surface area (Å²) in [5, 5.41) is 10.0. The van der Waals surface area contributed by atoms with Crippen LogP contribution in [0.15, 0.2) is 60.8 Å². The number of carboxylic acids is 1. The van der Waals surface area contributed by atoms with Gasteiger partial charge in [-0.2, -0.15) is 0 Å². The van der Waals surface area contributed by atoms with E-state index in [1.54, 1.807) is 4.90 Å². The van der Waals surface area contributed by atoms with Crippen molar-refractivity contribution in [3.05, 3.63) is 71.9 Å². The third-order valence-corrected chi connectivity index (χ3v) is 4.63. The summed E-state index contributed by atoms with van der Waals surface area (Å²) < 4.78 is 0. The fraction of sp³-hybridized carbons (Fsp3) is 0.273. The first kappa shape index (κ1) is 18.7. The number of carbonyl (C=O) groups is 2. The molecule has 3 aromatic rings. The third-order valence-electron chi connectivity index (χ3n) is 4.63. The number of nitrogens with one attached hydrogen (secondary N) is 1. The van der Waals surface area contributed by atoms with Gasteiger partial charge in [-0.05, 0) is 47.6 Å². The molecule has 140 valence electrons. The molecule has 0 aliphatic rings. The zero-order valence-electron chi connectivity index (χ0n) is 15.2. The number of fused-ring (bicyclic) bond motifs is 1. The predicted molar refractivity (Wildman–Crippen MR) is 105 cm³/mol. The predicted octanol–water partition coefficient (Wildman–Crippen LogP) is 3.99. The van der Waals surface area contributed by atoms with E-state index in [2.05, 4.69) is 11.1 Å². The van der Waals surface area contributed by atoms with Gasteiger partial charge in [-0.25, -0.2) is 0 Å². The molecule has 0 saturated carbocycles. The number of benzene rings is 2. The molecule has 0 atom stereocenters. The normalized spacial score (nSPS) is 10.8. The van der Waals surface area contributed by atoms with E-state index >= 15 is 0 Å². The minimum Gasteiger partial charge on any atom is -0.481 e. The topological polar surface area (TPSA) is 73.4 Å². The first-order valence-corrected chi connectivity index (χ1v) is 9.21. The Labute approximate surface area is 158 Å². The van der Waals surface area contributed by atoms with Crippen LogP contribution in [0.2, 0.25) is 0 Å². The highest BCUT2D eigenvalue weighted by molar-refractivity contribution is 5.80. The summed E-state index contributed by atoms with van der Waals surface area (Å²) in [5.74, 6) is -0.777. The molecule has 0 unspecified atom stereocenters. The number of amides is 1. The minimum atomic E-state index is -0.832. The van der Waals surface area contributed by atoms with Crippen LogP contribution in [-0.2, 0) is 22.6 Å². The molecule has 0 aliphatic heterocycles. The van der Waals surface area contributed by atoms with Gasteiger partial charge in [-0.1, -0.05) is 36.4 Å². The van der Waals surface area contributed by atoms with Crippen LogP contribution < -0.4 is 0 Å². The van der Waals surface area contributed by atoms with Crippen molar-refractivity contribution in [3.63, 3.8) is 0 Å². The van der Waals surface area contributed by atoms with Gasteiger partial charge in [0.15, 0.2) is 0 Å². The van der Waals surface area contributed by atoms with Crippen LogP contribution in [0.5, 0.6) is 0 Å². The van der Waals surface area contributed by atoms with E-state index in [4.69, 9.17) is 5.11 Å². The van der Waals surface area contributed by atoms with Gasteiger partial charge in [-0.15, -0.1) is 0 Å². The lowest BCUT2D eigenvalue weighted by molar-refractivity contribution is -0.138. The summed E-state index contributed by atoms with van der Waals surface area (Å²) >= 11 is 0. The van der Waals surface area contributed by atoms with E-state index in [1.165, 1.54) is 0 Å². The molecular weight excluding hydrogens is 340 g/mol. The Morgan fingerprint density at radius 2 is 1.78 bits per heavy atom. The molecule has 0 bridgehead atoms. The first-order valence-electron chi connectivity index (χ1n) is 9.21. The maximum atomic E-state index is 12.8. The maximum absolute atomic E-state index is 12.8. The Morgan fingerprint density at radius 1 is 0.963 bits per heavy atom. The summed E-state index contributed by atoms with van der Waals surface area (Å²) in [6, 6.07) is 18.0. The van der Waals surface area contributed by atoms with Crippen molar-refractivity contribution in [2.45, 2.75) is 32.2 Å². The second kappa shape index (κ2) is 9.03. The van der Waals surface area contributed by atoms with Crippen molar-refractivity contribution in [3.8, 4) is 0 Å². The smallest absolute Gasteiger partial charge is 0.303 e. The standard InChI is InChI=1S/C22H24N2O3/c25-21(11-9-17-8-10-20-19(15-17)12-13-23-20)24(14-4-7-22(26)27)16-18-5-2-1-3-6-18/h1-3,5-6,8,10,12-13,15,23H,4,7,9,11,14,16H2,(H,26,27). The molecule has 1 amide bonds. The number of aliphatic carboxylic acids is 1. The highest BCUT2D eigenvalue weighted by Crippen LogP contribution is 2.16. The largest absolute Gasteiger partial charge is 0.481 e. The molecular formula is C22H24N2O3. The van der Waals surface area contributed by atoms with Gasteiger partial charge in [0.1, 0.15) is 0 Å². The van der Waals surface area contributed by atoms with Gasteiger partial charge in [0, 0.05) is 37.6 Å². The number of carbonyl (C=O) groups excluding carboxylic acids is 1. The molecule has 3 rings (SSSR count). The molecule has 5 nitrogen and oxygen atoms in total. The zero-order valence-corrected chi connectivity index (χ0v) is 15.2. The van der Waals surface area contributed by atoms with Crippen LogP contribution in [0.4, 0.5) is 0 Å². The van der Waals surface area contributed by atoms with E-state index in [-0.39, 0.29) is 12.3 Å². The van der Waals surface area contributed by atoms with Crippen molar-refractivity contribution >= 4 is 22.8 Å². The van der Waals surface area contributed by atoms with Gasteiger partial charge in [0.25, 0.3) is 0 Å². The number of aryl methyl sites for hydroxylation is 1. The third kappa shape index (κ3) is 5.45. The van der Waals surface area contributed by atoms with Crippen molar-refractivity contribution in [2.75, 3.05) is 6.54 Å². The molecule has 0 aliphatic carbocycles. The van der Waals surface area contributed by atoms with Crippen LogP contribution in [0, 0.1) is 0 Å². The number of hydrogen-bond donors (Lipinski definition) is 2.